The first-order chi connectivity index (χ1) is 11.5. The number of hydrogen-bond donors (Lipinski definition) is 0. The maximum Gasteiger partial charge on any atom is 0.243 e. The van der Waals surface area contributed by atoms with Gasteiger partial charge < -0.3 is 0 Å². The highest BCUT2D eigenvalue weighted by atomic mass is 32.2. The van der Waals surface area contributed by atoms with Crippen molar-refractivity contribution in [3.05, 3.63) is 65.5 Å². The second-order valence-corrected chi connectivity index (χ2v) is 9.86. The molecule has 0 saturated carbocycles. The Hall–Kier alpha value is -1.72. The third-order valence-corrected chi connectivity index (χ3v) is 7.08. The van der Waals surface area contributed by atoms with Crippen LogP contribution in [0.15, 0.2) is 53.4 Å². The molecular formula is C20H24FNO2S. The van der Waals surface area contributed by atoms with E-state index in [9.17, 15) is 12.8 Å². The lowest BCUT2D eigenvalue weighted by Crippen LogP contribution is -2.48. The van der Waals surface area contributed by atoms with E-state index in [-0.39, 0.29) is 10.3 Å². The second-order valence-electron chi connectivity index (χ2n) is 8.00. The van der Waals surface area contributed by atoms with Crippen LogP contribution in [0.5, 0.6) is 0 Å². The summed E-state index contributed by atoms with van der Waals surface area (Å²) in [5.74, 6) is -0.444. The van der Waals surface area contributed by atoms with Crippen LogP contribution in [0.1, 0.15) is 45.2 Å². The quantitative estimate of drug-likeness (QED) is 0.791. The van der Waals surface area contributed by atoms with Crippen LogP contribution in [-0.2, 0) is 22.0 Å². The van der Waals surface area contributed by atoms with Crippen molar-refractivity contribution in [2.24, 2.45) is 0 Å². The minimum atomic E-state index is -3.74. The molecule has 2 aromatic carbocycles. The van der Waals surface area contributed by atoms with Crippen LogP contribution in [0.25, 0.3) is 0 Å². The van der Waals surface area contributed by atoms with E-state index >= 15 is 0 Å². The molecule has 134 valence electrons. The van der Waals surface area contributed by atoms with Crippen molar-refractivity contribution in [2.75, 3.05) is 0 Å². The number of benzene rings is 2. The summed E-state index contributed by atoms with van der Waals surface area (Å²) in [6.07, 6.45) is 0.692. The summed E-state index contributed by atoms with van der Waals surface area (Å²) in [6.45, 7) is 8.54. The topological polar surface area (TPSA) is 37.4 Å². The monoisotopic (exact) mass is 361 g/mol. The van der Waals surface area contributed by atoms with Gasteiger partial charge in [0.1, 0.15) is 5.82 Å². The van der Waals surface area contributed by atoms with Gasteiger partial charge in [0.05, 0.1) is 4.90 Å². The molecule has 0 amide bonds. The Balaban J connectivity index is 2.14. The molecule has 0 radical (unpaired) electrons. The first kappa shape index (κ1) is 18.1. The maximum absolute atomic E-state index is 13.3. The van der Waals surface area contributed by atoms with Crippen molar-refractivity contribution in [1.29, 1.82) is 0 Å². The van der Waals surface area contributed by atoms with E-state index < -0.39 is 21.4 Å². The Morgan fingerprint density at radius 1 is 0.960 bits per heavy atom. The van der Waals surface area contributed by atoms with E-state index in [4.69, 9.17) is 0 Å². The van der Waals surface area contributed by atoms with Gasteiger partial charge in [-0.1, -0.05) is 38.1 Å². The van der Waals surface area contributed by atoms with Gasteiger partial charge in [-0.2, -0.15) is 4.31 Å². The summed E-state index contributed by atoms with van der Waals surface area (Å²) in [5, 5.41) is 0. The van der Waals surface area contributed by atoms with Crippen LogP contribution < -0.4 is 0 Å². The molecule has 0 spiro atoms. The molecule has 0 atom stereocenters. The van der Waals surface area contributed by atoms with E-state index in [1.54, 1.807) is 4.31 Å². The largest absolute Gasteiger partial charge is 0.243 e. The van der Waals surface area contributed by atoms with Crippen LogP contribution in [-0.4, -0.2) is 18.3 Å². The molecule has 0 bridgehead atoms. The second kappa shape index (κ2) is 5.92. The van der Waals surface area contributed by atoms with Crippen molar-refractivity contribution in [3.63, 3.8) is 0 Å². The van der Waals surface area contributed by atoms with E-state index in [1.165, 1.54) is 29.8 Å². The highest BCUT2D eigenvalue weighted by Crippen LogP contribution is 2.43. The summed E-state index contributed by atoms with van der Waals surface area (Å²) in [5.41, 5.74) is 1.48. The Bertz CT molecular complexity index is 886. The van der Waals surface area contributed by atoms with Crippen molar-refractivity contribution in [2.45, 2.75) is 56.5 Å². The third kappa shape index (κ3) is 3.23. The number of nitrogens with zero attached hydrogens (tertiary/aromatic N) is 1. The number of hydrogen-bond acceptors (Lipinski definition) is 2. The molecule has 0 N–H and O–H groups in total. The summed E-state index contributed by atoms with van der Waals surface area (Å²) in [4.78, 5) is 0.124. The van der Waals surface area contributed by atoms with Gasteiger partial charge in [-0.3, -0.25) is 0 Å². The Labute approximate surface area is 149 Å². The zero-order chi connectivity index (χ0) is 18.5. The molecule has 1 heterocycles. The fourth-order valence-corrected chi connectivity index (χ4v) is 5.85. The minimum absolute atomic E-state index is 0.124. The molecule has 0 unspecified atom stereocenters. The van der Waals surface area contributed by atoms with Gasteiger partial charge in [0.2, 0.25) is 10.0 Å². The normalized spacial score (nSPS) is 19.9. The molecule has 0 saturated heterocycles. The molecule has 0 aliphatic carbocycles. The molecule has 0 aromatic heterocycles. The fraction of sp³-hybridized carbons (Fsp3) is 0.400. The highest BCUT2D eigenvalue weighted by Gasteiger charge is 2.44. The zero-order valence-electron chi connectivity index (χ0n) is 15.1. The predicted octanol–water partition coefficient (Wildman–Crippen LogP) is 4.48. The van der Waals surface area contributed by atoms with E-state index in [0.717, 1.165) is 5.56 Å². The summed E-state index contributed by atoms with van der Waals surface area (Å²) in [7, 11) is -3.74. The average molecular weight is 361 g/mol. The molecule has 3 nitrogen and oxygen atoms in total. The predicted molar refractivity (Wildman–Crippen MR) is 97.3 cm³/mol. The fourth-order valence-electron chi connectivity index (χ4n) is 4.10. The highest BCUT2D eigenvalue weighted by molar-refractivity contribution is 7.89. The van der Waals surface area contributed by atoms with Crippen molar-refractivity contribution in [1.82, 2.24) is 4.31 Å². The van der Waals surface area contributed by atoms with Crippen LogP contribution in [0, 0.1) is 5.82 Å². The summed E-state index contributed by atoms with van der Waals surface area (Å²) < 4.78 is 41.4. The number of sulfonamides is 1. The lowest BCUT2D eigenvalue weighted by atomic mass is 9.75. The van der Waals surface area contributed by atoms with Crippen LogP contribution >= 0.6 is 0 Å². The van der Waals surface area contributed by atoms with Crippen LogP contribution in [0.2, 0.25) is 0 Å². The average Bonchev–Trinajstić information content (AvgIpc) is 2.59. The molecule has 0 fully saturated rings. The number of halogens is 1. The van der Waals surface area contributed by atoms with Gasteiger partial charge in [0.15, 0.2) is 0 Å². The van der Waals surface area contributed by atoms with E-state index in [2.05, 4.69) is 19.9 Å². The zero-order valence-corrected chi connectivity index (χ0v) is 15.9. The third-order valence-electron chi connectivity index (χ3n) is 5.01. The van der Waals surface area contributed by atoms with Crippen LogP contribution in [0.4, 0.5) is 4.39 Å². The first-order valence-electron chi connectivity index (χ1n) is 8.41. The summed E-state index contributed by atoms with van der Waals surface area (Å²) in [6, 6.07) is 13.1. The SMILES string of the molecule is CC1(C)CC(C)(C)N(S(=O)(=O)c2ccc(F)cc2)Cc2ccccc21. The molecule has 25 heavy (non-hydrogen) atoms. The molecule has 5 heteroatoms. The van der Waals surface area contributed by atoms with Gasteiger partial charge in [-0.05, 0) is 61.1 Å². The van der Waals surface area contributed by atoms with E-state index in [1.807, 2.05) is 32.0 Å². The summed E-state index contributed by atoms with van der Waals surface area (Å²) >= 11 is 0. The van der Waals surface area contributed by atoms with Gasteiger partial charge in [0.25, 0.3) is 0 Å². The number of fused-ring (bicyclic) bond motifs is 1. The Morgan fingerprint density at radius 3 is 2.20 bits per heavy atom. The molecular weight excluding hydrogens is 337 g/mol. The van der Waals surface area contributed by atoms with Crippen molar-refractivity contribution < 1.29 is 12.8 Å². The lowest BCUT2D eigenvalue weighted by Gasteiger charge is -2.39. The van der Waals surface area contributed by atoms with Crippen molar-refractivity contribution in [3.8, 4) is 0 Å². The van der Waals surface area contributed by atoms with Crippen molar-refractivity contribution >= 4 is 10.0 Å². The smallest absolute Gasteiger partial charge is 0.207 e. The molecule has 2 aromatic rings. The first-order valence-corrected chi connectivity index (χ1v) is 9.85. The molecule has 1 aliphatic rings. The van der Waals surface area contributed by atoms with Crippen LogP contribution in [0.3, 0.4) is 0 Å². The van der Waals surface area contributed by atoms with Gasteiger partial charge >= 0.3 is 0 Å². The van der Waals surface area contributed by atoms with Gasteiger partial charge in [-0.25, -0.2) is 12.8 Å². The lowest BCUT2D eigenvalue weighted by molar-refractivity contribution is 0.185. The minimum Gasteiger partial charge on any atom is -0.207 e. The Morgan fingerprint density at radius 2 is 1.56 bits per heavy atom. The molecule has 1 aliphatic heterocycles. The standard InChI is InChI=1S/C20H24FNO2S/c1-19(2)14-20(3,4)22(13-15-7-5-6-8-18(15)19)25(23,24)17-11-9-16(21)10-12-17/h5-12H,13-14H2,1-4H3. The van der Waals surface area contributed by atoms with Gasteiger partial charge in [-0.15, -0.1) is 0 Å². The molecule has 3 rings (SSSR count). The van der Waals surface area contributed by atoms with E-state index in [0.29, 0.717) is 13.0 Å². The maximum atomic E-state index is 13.3. The number of rotatable bonds is 2. The Kier molecular flexibility index (Phi) is 4.28. The van der Waals surface area contributed by atoms with Gasteiger partial charge in [0, 0.05) is 12.1 Å².